The number of nitrogens with one attached hydrogen (secondary N) is 1. The first kappa shape index (κ1) is 14.1. The topological polar surface area (TPSA) is 46.9 Å². The highest BCUT2D eigenvalue weighted by atomic mass is 19.4. The fourth-order valence-electron chi connectivity index (χ4n) is 1.74. The van der Waals surface area contributed by atoms with E-state index in [2.05, 4.69) is 10.4 Å². The fraction of sp³-hybridized carbons (Fsp3) is 0.231. The molecule has 0 saturated carbocycles. The van der Waals surface area contributed by atoms with Gasteiger partial charge in [-0.25, -0.2) is 0 Å². The van der Waals surface area contributed by atoms with Crippen LogP contribution >= 0.6 is 0 Å². The number of aromatic nitrogens is 2. The molecule has 4 nitrogen and oxygen atoms in total. The molecule has 2 aromatic rings. The van der Waals surface area contributed by atoms with Crippen LogP contribution in [0.4, 0.5) is 13.2 Å². The molecule has 1 N–H and O–H groups in total. The van der Waals surface area contributed by atoms with Gasteiger partial charge in [0.05, 0.1) is 5.56 Å². The van der Waals surface area contributed by atoms with Crippen LogP contribution in [0.2, 0.25) is 0 Å². The van der Waals surface area contributed by atoms with E-state index in [1.807, 2.05) is 6.07 Å². The molecule has 0 saturated heterocycles. The van der Waals surface area contributed by atoms with E-state index in [4.69, 9.17) is 0 Å². The first-order valence-corrected chi connectivity index (χ1v) is 5.81. The number of aryl methyl sites for hydroxylation is 1. The number of nitrogens with zero attached hydrogens (tertiary/aromatic N) is 2. The van der Waals surface area contributed by atoms with Crippen LogP contribution in [0.5, 0.6) is 0 Å². The molecule has 0 aliphatic carbocycles. The Bertz CT molecular complexity index is 605. The number of hydrogen-bond donors (Lipinski definition) is 1. The number of halogens is 3. The summed E-state index contributed by atoms with van der Waals surface area (Å²) in [5.74, 6) is -0.797. The zero-order chi connectivity index (χ0) is 14.8. The van der Waals surface area contributed by atoms with Crippen molar-refractivity contribution in [2.75, 3.05) is 0 Å². The molecule has 1 aromatic carbocycles. The lowest BCUT2D eigenvalue weighted by Crippen LogP contribution is -2.25. The molecule has 2 rings (SSSR count). The van der Waals surface area contributed by atoms with E-state index in [9.17, 15) is 18.0 Å². The lowest BCUT2D eigenvalue weighted by molar-refractivity contribution is -0.141. The minimum absolute atomic E-state index is 0.159. The monoisotopic (exact) mass is 283 g/mol. The quantitative estimate of drug-likeness (QED) is 0.940. The molecular formula is C13H12F3N3O. The van der Waals surface area contributed by atoms with Crippen LogP contribution in [0, 0.1) is 0 Å². The van der Waals surface area contributed by atoms with Gasteiger partial charge in [0.2, 0.25) is 0 Å². The number of amides is 1. The van der Waals surface area contributed by atoms with Crippen molar-refractivity contribution < 1.29 is 18.0 Å². The third kappa shape index (κ3) is 3.17. The molecule has 0 fully saturated rings. The second kappa shape index (κ2) is 5.36. The zero-order valence-electron chi connectivity index (χ0n) is 10.6. The summed E-state index contributed by atoms with van der Waals surface area (Å²) in [5.41, 5.74) is -0.847. The molecule has 106 valence electrons. The number of carbonyl (C=O) groups is 1. The molecule has 0 unspecified atom stereocenters. The van der Waals surface area contributed by atoms with E-state index >= 15 is 0 Å². The summed E-state index contributed by atoms with van der Waals surface area (Å²) in [6.07, 6.45) is -3.59. The molecular weight excluding hydrogens is 271 g/mol. The van der Waals surface area contributed by atoms with Gasteiger partial charge in [0.25, 0.3) is 5.91 Å². The highest BCUT2D eigenvalue weighted by Gasteiger charge is 2.38. The van der Waals surface area contributed by atoms with Gasteiger partial charge in [-0.15, -0.1) is 0 Å². The van der Waals surface area contributed by atoms with Gasteiger partial charge in [-0.2, -0.15) is 18.3 Å². The Kier molecular flexibility index (Phi) is 3.78. The summed E-state index contributed by atoms with van der Waals surface area (Å²) in [5, 5.41) is 5.74. The first-order chi connectivity index (χ1) is 9.38. The predicted octanol–water partition coefficient (Wildman–Crippen LogP) is 2.37. The molecule has 7 heteroatoms. The molecule has 20 heavy (non-hydrogen) atoms. The third-order valence-electron chi connectivity index (χ3n) is 2.64. The Morgan fingerprint density at radius 2 is 1.95 bits per heavy atom. The van der Waals surface area contributed by atoms with Crippen LogP contribution in [-0.4, -0.2) is 15.7 Å². The summed E-state index contributed by atoms with van der Waals surface area (Å²) in [7, 11) is 1.34. The normalized spacial score (nSPS) is 11.4. The van der Waals surface area contributed by atoms with Crippen LogP contribution in [0.1, 0.15) is 21.6 Å². The highest BCUT2D eigenvalue weighted by Crippen LogP contribution is 2.30. The summed E-state index contributed by atoms with van der Waals surface area (Å²) in [6.45, 7) is 0.159. The Hall–Kier alpha value is -2.31. The summed E-state index contributed by atoms with van der Waals surface area (Å²) in [6, 6.07) is 8.93. The largest absolute Gasteiger partial charge is 0.435 e. The average molecular weight is 283 g/mol. The van der Waals surface area contributed by atoms with E-state index in [0.29, 0.717) is 0 Å². The smallest absolute Gasteiger partial charge is 0.348 e. The molecule has 0 radical (unpaired) electrons. The van der Waals surface area contributed by atoms with Gasteiger partial charge in [0.1, 0.15) is 0 Å². The fourth-order valence-corrected chi connectivity index (χ4v) is 1.74. The molecule has 0 aliphatic heterocycles. The number of benzene rings is 1. The Morgan fingerprint density at radius 1 is 1.30 bits per heavy atom. The van der Waals surface area contributed by atoms with E-state index in [1.54, 1.807) is 24.3 Å². The maximum Gasteiger partial charge on any atom is 0.435 e. The van der Waals surface area contributed by atoms with Gasteiger partial charge in [-0.3, -0.25) is 9.48 Å². The number of hydrogen-bond acceptors (Lipinski definition) is 2. The first-order valence-electron chi connectivity index (χ1n) is 5.81. The van der Waals surface area contributed by atoms with Crippen molar-refractivity contribution in [2.24, 2.45) is 7.05 Å². The Balaban J connectivity index is 2.14. The second-order valence-electron chi connectivity index (χ2n) is 4.23. The minimum Gasteiger partial charge on any atom is -0.348 e. The molecule has 0 aliphatic rings. The third-order valence-corrected chi connectivity index (χ3v) is 2.64. The van der Waals surface area contributed by atoms with Crippen LogP contribution < -0.4 is 5.32 Å². The van der Waals surface area contributed by atoms with Gasteiger partial charge in [0, 0.05) is 19.8 Å². The second-order valence-corrected chi connectivity index (χ2v) is 4.23. The maximum absolute atomic E-state index is 12.7. The lowest BCUT2D eigenvalue weighted by Gasteiger charge is -2.07. The van der Waals surface area contributed by atoms with E-state index in [1.165, 1.54) is 7.05 Å². The minimum atomic E-state index is -4.65. The highest BCUT2D eigenvalue weighted by molar-refractivity contribution is 5.95. The Labute approximate surface area is 113 Å². The van der Waals surface area contributed by atoms with E-state index in [-0.39, 0.29) is 6.54 Å². The average Bonchev–Trinajstić information content (AvgIpc) is 2.79. The van der Waals surface area contributed by atoms with Gasteiger partial charge in [0.15, 0.2) is 5.69 Å². The maximum atomic E-state index is 12.7. The van der Waals surface area contributed by atoms with E-state index in [0.717, 1.165) is 16.4 Å². The van der Waals surface area contributed by atoms with Crippen molar-refractivity contribution >= 4 is 5.91 Å². The SMILES string of the molecule is Cn1cc(C(=O)NCc2ccccc2)c(C(F)(F)F)n1. The summed E-state index contributed by atoms with van der Waals surface area (Å²) >= 11 is 0. The molecule has 1 amide bonds. The lowest BCUT2D eigenvalue weighted by atomic mass is 10.2. The van der Waals surface area contributed by atoms with Gasteiger partial charge < -0.3 is 5.32 Å². The molecule has 1 aromatic heterocycles. The van der Waals surface area contributed by atoms with Crippen LogP contribution in [-0.2, 0) is 19.8 Å². The summed E-state index contributed by atoms with van der Waals surface area (Å²) < 4.78 is 39.2. The number of carbonyl (C=O) groups excluding carboxylic acids is 1. The Morgan fingerprint density at radius 3 is 2.55 bits per heavy atom. The van der Waals surface area contributed by atoms with Crippen molar-refractivity contribution in [3.63, 3.8) is 0 Å². The van der Waals surface area contributed by atoms with Gasteiger partial charge >= 0.3 is 6.18 Å². The van der Waals surface area contributed by atoms with Crippen molar-refractivity contribution in [1.82, 2.24) is 15.1 Å². The van der Waals surface area contributed by atoms with Gasteiger partial charge in [-0.1, -0.05) is 30.3 Å². The van der Waals surface area contributed by atoms with E-state index < -0.39 is 23.3 Å². The van der Waals surface area contributed by atoms with Crippen molar-refractivity contribution in [3.05, 3.63) is 53.3 Å². The number of rotatable bonds is 3. The van der Waals surface area contributed by atoms with Crippen LogP contribution in [0.3, 0.4) is 0 Å². The number of alkyl halides is 3. The predicted molar refractivity (Wildman–Crippen MR) is 65.8 cm³/mol. The van der Waals surface area contributed by atoms with Crippen molar-refractivity contribution in [2.45, 2.75) is 12.7 Å². The van der Waals surface area contributed by atoms with Gasteiger partial charge in [-0.05, 0) is 5.56 Å². The molecule has 0 spiro atoms. The van der Waals surface area contributed by atoms with Crippen molar-refractivity contribution in [3.8, 4) is 0 Å². The van der Waals surface area contributed by atoms with Crippen LogP contribution in [0.15, 0.2) is 36.5 Å². The standard InChI is InChI=1S/C13H12F3N3O/c1-19-8-10(11(18-19)13(14,15)16)12(20)17-7-9-5-3-2-4-6-9/h2-6,8H,7H2,1H3,(H,17,20). The zero-order valence-corrected chi connectivity index (χ0v) is 10.6. The van der Waals surface area contributed by atoms with Crippen molar-refractivity contribution in [1.29, 1.82) is 0 Å². The summed E-state index contributed by atoms with van der Waals surface area (Å²) in [4.78, 5) is 11.8. The molecule has 0 bridgehead atoms. The molecule has 0 atom stereocenters. The van der Waals surface area contributed by atoms with Crippen LogP contribution in [0.25, 0.3) is 0 Å². The molecule has 1 heterocycles.